The first kappa shape index (κ1) is 25.2. The first-order valence-corrected chi connectivity index (χ1v) is 13.8. The first-order chi connectivity index (χ1) is 18.9. The number of pyridine rings is 1. The van der Waals surface area contributed by atoms with Gasteiger partial charge in [-0.3, -0.25) is 4.79 Å². The van der Waals surface area contributed by atoms with Crippen molar-refractivity contribution in [3.05, 3.63) is 72.1 Å². The molecule has 2 fully saturated rings. The quantitative estimate of drug-likeness (QED) is 0.347. The summed E-state index contributed by atoms with van der Waals surface area (Å²) in [5.74, 6) is 1.54. The molecule has 200 valence electrons. The number of nitrogens with zero attached hydrogens (tertiary/aromatic N) is 5. The molecule has 0 unspecified atom stereocenters. The van der Waals surface area contributed by atoms with Crippen LogP contribution in [-0.4, -0.2) is 65.0 Å². The van der Waals surface area contributed by atoms with Gasteiger partial charge in [0.1, 0.15) is 5.82 Å². The van der Waals surface area contributed by atoms with Gasteiger partial charge in [-0.1, -0.05) is 12.1 Å². The Balaban J connectivity index is 1.16. The summed E-state index contributed by atoms with van der Waals surface area (Å²) in [5, 5.41) is 7.33. The Bertz CT molecular complexity index is 1490. The summed E-state index contributed by atoms with van der Waals surface area (Å²) < 4.78 is 0. The Hall–Kier alpha value is -4.04. The van der Waals surface area contributed by atoms with Crippen LogP contribution in [0.25, 0.3) is 22.0 Å². The van der Waals surface area contributed by atoms with Crippen LogP contribution >= 0.6 is 0 Å². The lowest BCUT2D eigenvalue weighted by atomic mass is 9.99. The molecule has 0 radical (unpaired) electrons. The molecule has 0 bridgehead atoms. The SMILES string of the molecule is Cc1cc(-c2cccc(C(=O)NC3CC3)c2)cc2cnc(Nc3ccc(N4CCC(N(C)C)CC4)nc3)nc12. The molecule has 1 saturated heterocycles. The standard InChI is InChI=1S/C31H35N7O/c1-20-15-23(21-5-4-6-22(16-21)30(39)34-25-7-8-25)17-24-18-33-31(36-29(20)24)35-26-9-10-28(32-19-26)38-13-11-27(12-14-38)37(2)3/h4-6,9-10,15-19,25,27H,7-8,11-14H2,1-3H3,(H,34,39)(H,33,35,36). The minimum atomic E-state index is -0.00710. The zero-order valence-electron chi connectivity index (χ0n) is 22.8. The first-order valence-electron chi connectivity index (χ1n) is 13.8. The van der Waals surface area contributed by atoms with Gasteiger partial charge in [0.05, 0.1) is 17.4 Å². The van der Waals surface area contributed by atoms with Crippen LogP contribution in [0.3, 0.4) is 0 Å². The number of amides is 1. The number of nitrogens with one attached hydrogen (secondary N) is 2. The number of aryl methyl sites for hydroxylation is 1. The van der Waals surface area contributed by atoms with Crippen molar-refractivity contribution in [1.82, 2.24) is 25.2 Å². The normalized spacial score (nSPS) is 16.1. The zero-order valence-corrected chi connectivity index (χ0v) is 22.8. The maximum absolute atomic E-state index is 12.5. The fourth-order valence-corrected chi connectivity index (χ4v) is 5.27. The predicted molar refractivity (Wildman–Crippen MR) is 157 cm³/mol. The number of carbonyl (C=O) groups is 1. The lowest BCUT2D eigenvalue weighted by Crippen LogP contribution is -2.42. The maximum Gasteiger partial charge on any atom is 0.251 e. The summed E-state index contributed by atoms with van der Waals surface area (Å²) in [7, 11) is 4.32. The van der Waals surface area contributed by atoms with E-state index in [2.05, 4.69) is 64.6 Å². The summed E-state index contributed by atoms with van der Waals surface area (Å²) in [6.07, 6.45) is 8.16. The van der Waals surface area contributed by atoms with E-state index in [1.54, 1.807) is 0 Å². The van der Waals surface area contributed by atoms with Crippen LogP contribution in [0, 0.1) is 6.92 Å². The van der Waals surface area contributed by atoms with Gasteiger partial charge >= 0.3 is 0 Å². The molecule has 1 aliphatic carbocycles. The van der Waals surface area contributed by atoms with E-state index in [4.69, 9.17) is 9.97 Å². The summed E-state index contributed by atoms with van der Waals surface area (Å²) in [4.78, 5) is 31.3. The van der Waals surface area contributed by atoms with E-state index in [0.29, 0.717) is 23.6 Å². The van der Waals surface area contributed by atoms with E-state index in [0.717, 1.165) is 77.9 Å². The number of fused-ring (bicyclic) bond motifs is 1. The van der Waals surface area contributed by atoms with Crippen molar-refractivity contribution in [2.45, 2.75) is 44.7 Å². The van der Waals surface area contributed by atoms with Gasteiger partial charge in [-0.15, -0.1) is 0 Å². The number of hydrogen-bond acceptors (Lipinski definition) is 7. The van der Waals surface area contributed by atoms with Crippen molar-refractivity contribution in [1.29, 1.82) is 0 Å². The van der Waals surface area contributed by atoms with Crippen LogP contribution in [-0.2, 0) is 0 Å². The van der Waals surface area contributed by atoms with Crippen LogP contribution < -0.4 is 15.5 Å². The highest BCUT2D eigenvalue weighted by Gasteiger charge is 2.24. The maximum atomic E-state index is 12.5. The minimum Gasteiger partial charge on any atom is -0.357 e. The summed E-state index contributed by atoms with van der Waals surface area (Å²) in [6, 6.07) is 17.1. The van der Waals surface area contributed by atoms with Gasteiger partial charge in [0.15, 0.2) is 0 Å². The summed E-state index contributed by atoms with van der Waals surface area (Å²) in [5.41, 5.74) is 5.53. The lowest BCUT2D eigenvalue weighted by Gasteiger charge is -2.35. The van der Waals surface area contributed by atoms with E-state index < -0.39 is 0 Å². The molecule has 1 amide bonds. The van der Waals surface area contributed by atoms with E-state index >= 15 is 0 Å². The number of rotatable bonds is 7. The largest absolute Gasteiger partial charge is 0.357 e. The molecule has 0 spiro atoms. The number of hydrogen-bond donors (Lipinski definition) is 2. The molecule has 39 heavy (non-hydrogen) atoms. The fourth-order valence-electron chi connectivity index (χ4n) is 5.27. The molecule has 8 nitrogen and oxygen atoms in total. The monoisotopic (exact) mass is 521 g/mol. The third kappa shape index (κ3) is 5.71. The zero-order chi connectivity index (χ0) is 26.9. The van der Waals surface area contributed by atoms with Crippen LogP contribution in [0.4, 0.5) is 17.5 Å². The number of carbonyl (C=O) groups excluding carboxylic acids is 1. The molecular weight excluding hydrogens is 486 g/mol. The van der Waals surface area contributed by atoms with Crippen LogP contribution in [0.1, 0.15) is 41.6 Å². The van der Waals surface area contributed by atoms with Gasteiger partial charge in [0.2, 0.25) is 5.95 Å². The Kier molecular flexibility index (Phi) is 6.87. The molecule has 2 aromatic heterocycles. The molecule has 8 heteroatoms. The predicted octanol–water partition coefficient (Wildman–Crippen LogP) is 5.17. The van der Waals surface area contributed by atoms with Crippen LogP contribution in [0.5, 0.6) is 0 Å². The van der Waals surface area contributed by atoms with E-state index in [1.807, 2.05) is 42.7 Å². The van der Waals surface area contributed by atoms with Gasteiger partial charge in [-0.05, 0) is 99.8 Å². The molecule has 2 N–H and O–H groups in total. The highest BCUT2D eigenvalue weighted by atomic mass is 16.1. The molecule has 1 aliphatic heterocycles. The average molecular weight is 522 g/mol. The van der Waals surface area contributed by atoms with E-state index in [-0.39, 0.29) is 5.91 Å². The van der Waals surface area contributed by atoms with Crippen LogP contribution in [0.2, 0.25) is 0 Å². The Morgan fingerprint density at radius 1 is 0.949 bits per heavy atom. The van der Waals surface area contributed by atoms with Crippen molar-refractivity contribution in [3.63, 3.8) is 0 Å². The number of aromatic nitrogens is 3. The van der Waals surface area contributed by atoms with Crippen molar-refractivity contribution < 1.29 is 4.79 Å². The smallest absolute Gasteiger partial charge is 0.251 e. The average Bonchev–Trinajstić information content (AvgIpc) is 3.78. The number of benzene rings is 2. The highest BCUT2D eigenvalue weighted by Crippen LogP contribution is 2.29. The minimum absolute atomic E-state index is 0.00710. The second-order valence-corrected chi connectivity index (χ2v) is 11.0. The van der Waals surface area contributed by atoms with Gasteiger partial charge in [0.25, 0.3) is 5.91 Å². The summed E-state index contributed by atoms with van der Waals surface area (Å²) in [6.45, 7) is 4.10. The topological polar surface area (TPSA) is 86.3 Å². The van der Waals surface area contributed by atoms with Gasteiger partial charge in [-0.2, -0.15) is 0 Å². The third-order valence-electron chi connectivity index (χ3n) is 7.77. The Morgan fingerprint density at radius 2 is 1.77 bits per heavy atom. The van der Waals surface area contributed by atoms with Crippen molar-refractivity contribution >= 4 is 34.3 Å². The Morgan fingerprint density at radius 3 is 2.49 bits per heavy atom. The van der Waals surface area contributed by atoms with Gasteiger partial charge in [-0.25, -0.2) is 15.0 Å². The van der Waals surface area contributed by atoms with Crippen LogP contribution in [0.15, 0.2) is 60.9 Å². The molecule has 6 rings (SSSR count). The second kappa shape index (κ2) is 10.6. The van der Waals surface area contributed by atoms with Gasteiger partial charge < -0.3 is 20.4 Å². The molecule has 4 aromatic rings. The molecular formula is C31H35N7O. The molecule has 2 aromatic carbocycles. The van der Waals surface area contributed by atoms with Crippen molar-refractivity contribution in [2.24, 2.45) is 0 Å². The lowest BCUT2D eigenvalue weighted by molar-refractivity contribution is 0.0951. The molecule has 1 saturated carbocycles. The van der Waals surface area contributed by atoms with Crippen molar-refractivity contribution in [3.8, 4) is 11.1 Å². The third-order valence-corrected chi connectivity index (χ3v) is 7.77. The molecule has 3 heterocycles. The van der Waals surface area contributed by atoms with Gasteiger partial charge in [0, 0.05) is 42.3 Å². The number of anilines is 3. The highest BCUT2D eigenvalue weighted by molar-refractivity contribution is 5.96. The summed E-state index contributed by atoms with van der Waals surface area (Å²) >= 11 is 0. The second-order valence-electron chi connectivity index (χ2n) is 11.0. The molecule has 0 atom stereocenters. The number of piperidine rings is 1. The van der Waals surface area contributed by atoms with E-state index in [9.17, 15) is 4.79 Å². The van der Waals surface area contributed by atoms with E-state index in [1.165, 1.54) is 0 Å². The fraction of sp³-hybridized carbons (Fsp3) is 0.355. The molecule has 2 aliphatic rings. The van der Waals surface area contributed by atoms with Crippen molar-refractivity contribution in [2.75, 3.05) is 37.4 Å². The Labute approximate surface area is 229 Å².